The van der Waals surface area contributed by atoms with Gasteiger partial charge in [0.15, 0.2) is 5.96 Å². The summed E-state index contributed by atoms with van der Waals surface area (Å²) in [6.45, 7) is 11.1. The maximum absolute atomic E-state index is 5.58. The number of nitrogens with one attached hydrogen (secondary N) is 2. The molecule has 2 rings (SSSR count). The summed E-state index contributed by atoms with van der Waals surface area (Å²) in [5.74, 6) is 0.831. The van der Waals surface area contributed by atoms with Crippen LogP contribution < -0.4 is 10.6 Å². The Hall–Kier alpha value is -0.420. The zero-order chi connectivity index (χ0) is 19.3. The summed E-state index contributed by atoms with van der Waals surface area (Å²) in [5.41, 5.74) is 1.50. The van der Waals surface area contributed by atoms with Gasteiger partial charge in [0.1, 0.15) is 0 Å². The number of ether oxygens (including phenoxy) is 2. The third kappa shape index (κ3) is 9.39. The first-order valence-corrected chi connectivity index (χ1v) is 11.0. The number of thiophene rings is 1. The average molecular weight is 525 g/mol. The van der Waals surface area contributed by atoms with Crippen LogP contribution in [0, 0.1) is 0 Å². The van der Waals surface area contributed by atoms with Crippen molar-refractivity contribution >= 4 is 41.3 Å². The summed E-state index contributed by atoms with van der Waals surface area (Å²) in [6.07, 6.45) is 3.46. The Morgan fingerprint density at radius 1 is 1.25 bits per heavy atom. The number of unbranched alkanes of at least 4 members (excludes halogenated alkanes) is 1. The molecule has 0 amide bonds. The smallest absolute Gasteiger partial charge is 0.191 e. The second-order valence-corrected chi connectivity index (χ2v) is 7.90. The molecule has 162 valence electrons. The SMILES string of the molecule is CCCCOCCOCCNC(=NC)NCC(C)N1CCc2sccc2C1.I. The van der Waals surface area contributed by atoms with Crippen LogP contribution in [-0.4, -0.2) is 70.0 Å². The highest BCUT2D eigenvalue weighted by Crippen LogP contribution is 2.24. The van der Waals surface area contributed by atoms with E-state index in [1.54, 1.807) is 11.9 Å². The van der Waals surface area contributed by atoms with E-state index in [4.69, 9.17) is 9.47 Å². The van der Waals surface area contributed by atoms with Crippen LogP contribution >= 0.6 is 35.3 Å². The monoisotopic (exact) mass is 524 g/mol. The molecule has 0 radical (unpaired) electrons. The lowest BCUT2D eigenvalue weighted by Crippen LogP contribution is -2.47. The second kappa shape index (κ2) is 15.4. The molecule has 6 nitrogen and oxygen atoms in total. The highest BCUT2D eigenvalue weighted by Gasteiger charge is 2.21. The molecule has 0 saturated heterocycles. The summed E-state index contributed by atoms with van der Waals surface area (Å²) in [5, 5.41) is 8.95. The van der Waals surface area contributed by atoms with Gasteiger partial charge in [-0.15, -0.1) is 35.3 Å². The average Bonchev–Trinajstić information content (AvgIpc) is 3.16. The van der Waals surface area contributed by atoms with Gasteiger partial charge in [-0.3, -0.25) is 9.89 Å². The van der Waals surface area contributed by atoms with Crippen LogP contribution in [0.4, 0.5) is 0 Å². The number of halogens is 1. The minimum Gasteiger partial charge on any atom is -0.379 e. The third-order valence-corrected chi connectivity index (χ3v) is 5.83. The van der Waals surface area contributed by atoms with E-state index in [2.05, 4.69) is 45.8 Å². The van der Waals surface area contributed by atoms with E-state index in [1.807, 2.05) is 11.3 Å². The van der Waals surface area contributed by atoms with Gasteiger partial charge >= 0.3 is 0 Å². The molecule has 1 aliphatic rings. The maximum Gasteiger partial charge on any atom is 0.191 e. The number of guanidine groups is 1. The quantitative estimate of drug-likeness (QED) is 0.191. The minimum atomic E-state index is 0. The first-order valence-electron chi connectivity index (χ1n) is 10.1. The molecule has 1 unspecified atom stereocenters. The van der Waals surface area contributed by atoms with Gasteiger partial charge < -0.3 is 20.1 Å². The van der Waals surface area contributed by atoms with Crippen LogP contribution in [-0.2, 0) is 22.4 Å². The molecule has 0 spiro atoms. The minimum absolute atomic E-state index is 0. The molecule has 0 fully saturated rings. The second-order valence-electron chi connectivity index (χ2n) is 6.90. The van der Waals surface area contributed by atoms with Crippen molar-refractivity contribution in [3.8, 4) is 0 Å². The molecule has 0 saturated carbocycles. The molecular formula is C20H37IN4O2S. The summed E-state index contributed by atoms with van der Waals surface area (Å²) < 4.78 is 11.1. The summed E-state index contributed by atoms with van der Waals surface area (Å²) in [6, 6.07) is 2.73. The molecule has 28 heavy (non-hydrogen) atoms. The normalized spacial score (nSPS) is 15.6. The van der Waals surface area contributed by atoms with Crippen LogP contribution in [0.25, 0.3) is 0 Å². The number of fused-ring (bicyclic) bond motifs is 1. The largest absolute Gasteiger partial charge is 0.379 e. The molecule has 0 bridgehead atoms. The third-order valence-electron chi connectivity index (χ3n) is 4.80. The number of rotatable bonds is 12. The molecule has 1 aliphatic heterocycles. The first kappa shape index (κ1) is 25.6. The van der Waals surface area contributed by atoms with Gasteiger partial charge in [0.05, 0.1) is 19.8 Å². The van der Waals surface area contributed by atoms with Gasteiger partial charge in [-0.05, 0) is 36.8 Å². The van der Waals surface area contributed by atoms with Crippen LogP contribution in [0.1, 0.15) is 37.1 Å². The van der Waals surface area contributed by atoms with Crippen LogP contribution in [0.15, 0.2) is 16.4 Å². The van der Waals surface area contributed by atoms with Crippen molar-refractivity contribution in [1.82, 2.24) is 15.5 Å². The van der Waals surface area contributed by atoms with Crippen molar-refractivity contribution in [2.45, 2.75) is 45.7 Å². The molecule has 2 heterocycles. The van der Waals surface area contributed by atoms with Crippen molar-refractivity contribution < 1.29 is 9.47 Å². The van der Waals surface area contributed by atoms with Crippen LogP contribution in [0.5, 0.6) is 0 Å². The fourth-order valence-electron chi connectivity index (χ4n) is 3.05. The number of nitrogens with zero attached hydrogens (tertiary/aromatic N) is 2. The lowest BCUT2D eigenvalue weighted by Gasteiger charge is -2.32. The molecule has 0 aliphatic carbocycles. The predicted octanol–water partition coefficient (Wildman–Crippen LogP) is 3.11. The van der Waals surface area contributed by atoms with E-state index in [1.165, 1.54) is 18.4 Å². The van der Waals surface area contributed by atoms with Crippen molar-refractivity contribution in [2.75, 3.05) is 53.1 Å². The number of hydrogen-bond donors (Lipinski definition) is 2. The standard InChI is InChI=1S/C20H36N4O2S.HI/c1-4-5-10-25-12-13-26-11-8-22-20(21-3)23-15-17(2)24-9-6-19-18(16-24)7-14-27-19;/h7,14,17H,4-6,8-13,15-16H2,1-3H3,(H2,21,22,23);1H. The van der Waals surface area contributed by atoms with E-state index < -0.39 is 0 Å². The molecule has 1 aromatic rings. The van der Waals surface area contributed by atoms with E-state index >= 15 is 0 Å². The van der Waals surface area contributed by atoms with Crippen molar-refractivity contribution in [3.05, 3.63) is 21.9 Å². The van der Waals surface area contributed by atoms with Crippen LogP contribution in [0.3, 0.4) is 0 Å². The lowest BCUT2D eigenvalue weighted by atomic mass is 10.1. The Kier molecular flexibility index (Phi) is 14.1. The fraction of sp³-hybridized carbons (Fsp3) is 0.750. The van der Waals surface area contributed by atoms with Gasteiger partial charge in [0, 0.05) is 50.8 Å². The molecule has 8 heteroatoms. The Labute approximate surface area is 191 Å². The maximum atomic E-state index is 5.58. The topological polar surface area (TPSA) is 58.1 Å². The molecule has 1 aromatic heterocycles. The first-order chi connectivity index (χ1) is 13.2. The van der Waals surface area contributed by atoms with Gasteiger partial charge in [0.25, 0.3) is 0 Å². The van der Waals surface area contributed by atoms with Crippen LogP contribution in [0.2, 0.25) is 0 Å². The number of aliphatic imine (C=N–C) groups is 1. The highest BCUT2D eigenvalue weighted by atomic mass is 127. The van der Waals surface area contributed by atoms with Gasteiger partial charge in [-0.2, -0.15) is 0 Å². The van der Waals surface area contributed by atoms with Gasteiger partial charge in [-0.1, -0.05) is 13.3 Å². The molecule has 0 aromatic carbocycles. The van der Waals surface area contributed by atoms with Gasteiger partial charge in [0.2, 0.25) is 0 Å². The lowest BCUT2D eigenvalue weighted by molar-refractivity contribution is 0.0487. The number of hydrogen-bond acceptors (Lipinski definition) is 5. The summed E-state index contributed by atoms with van der Waals surface area (Å²) in [7, 11) is 1.81. The zero-order valence-electron chi connectivity index (χ0n) is 17.5. The Balaban J connectivity index is 0.00000392. The van der Waals surface area contributed by atoms with Crippen molar-refractivity contribution in [1.29, 1.82) is 0 Å². The summed E-state index contributed by atoms with van der Waals surface area (Å²) in [4.78, 5) is 8.39. The van der Waals surface area contributed by atoms with E-state index in [0.717, 1.165) is 45.2 Å². The van der Waals surface area contributed by atoms with E-state index in [0.29, 0.717) is 25.9 Å². The van der Waals surface area contributed by atoms with E-state index in [-0.39, 0.29) is 24.0 Å². The van der Waals surface area contributed by atoms with Crippen molar-refractivity contribution in [3.63, 3.8) is 0 Å². The van der Waals surface area contributed by atoms with E-state index in [9.17, 15) is 0 Å². The van der Waals surface area contributed by atoms with Crippen molar-refractivity contribution in [2.24, 2.45) is 4.99 Å². The Morgan fingerprint density at radius 2 is 2.04 bits per heavy atom. The zero-order valence-corrected chi connectivity index (χ0v) is 20.7. The summed E-state index contributed by atoms with van der Waals surface area (Å²) >= 11 is 1.89. The molecular weight excluding hydrogens is 487 g/mol. The Bertz CT molecular complexity index is 556. The molecule has 2 N–H and O–H groups in total. The van der Waals surface area contributed by atoms with Gasteiger partial charge in [-0.25, -0.2) is 0 Å². The molecule has 1 atom stereocenters. The highest BCUT2D eigenvalue weighted by molar-refractivity contribution is 14.0. The Morgan fingerprint density at radius 3 is 2.79 bits per heavy atom. The predicted molar refractivity (Wildman–Crippen MR) is 129 cm³/mol. The fourth-order valence-corrected chi connectivity index (χ4v) is 3.94.